The summed E-state index contributed by atoms with van der Waals surface area (Å²) in [6.45, 7) is 0. The largest absolute Gasteiger partial charge is 0.354 e. The number of hydrogen-bond acceptors (Lipinski definition) is 1. The van der Waals surface area contributed by atoms with Crippen molar-refractivity contribution >= 4 is 32.9 Å². The second-order valence-corrected chi connectivity index (χ2v) is 6.73. The van der Waals surface area contributed by atoms with Crippen LogP contribution in [0.3, 0.4) is 0 Å². The third-order valence-corrected chi connectivity index (χ3v) is 5.05. The zero-order valence-corrected chi connectivity index (χ0v) is 14.9. The molecule has 5 aromatic rings. The highest BCUT2D eigenvalue weighted by Gasteiger charge is 2.09. The molecule has 0 aliphatic carbocycles. The van der Waals surface area contributed by atoms with Crippen LogP contribution in [-0.4, -0.2) is 0 Å². The molecule has 0 bridgehead atoms. The molecule has 0 saturated carbocycles. The van der Waals surface area contributed by atoms with Crippen LogP contribution in [-0.2, 0) is 0 Å². The fraction of sp³-hybridized carbons (Fsp3) is 0. The van der Waals surface area contributed by atoms with Gasteiger partial charge in [0.2, 0.25) is 0 Å². The first-order valence-corrected chi connectivity index (χ1v) is 9.22. The van der Waals surface area contributed by atoms with E-state index in [9.17, 15) is 0 Å². The Morgan fingerprint density at radius 1 is 0.444 bits per heavy atom. The molecule has 0 atom stereocenters. The van der Waals surface area contributed by atoms with E-state index in [1.54, 1.807) is 0 Å². The Hall–Kier alpha value is -3.58. The molecule has 0 radical (unpaired) electrons. The second-order valence-electron chi connectivity index (χ2n) is 6.73. The van der Waals surface area contributed by atoms with Gasteiger partial charge < -0.3 is 5.32 Å². The van der Waals surface area contributed by atoms with E-state index < -0.39 is 0 Å². The van der Waals surface area contributed by atoms with Crippen molar-refractivity contribution in [1.82, 2.24) is 0 Å². The topological polar surface area (TPSA) is 12.0 Å². The number of para-hydroxylation sites is 1. The number of anilines is 2. The average molecular weight is 345 g/mol. The summed E-state index contributed by atoms with van der Waals surface area (Å²) < 4.78 is 0. The highest BCUT2D eigenvalue weighted by molar-refractivity contribution is 6.14. The van der Waals surface area contributed by atoms with Gasteiger partial charge in [0.15, 0.2) is 0 Å². The molecule has 1 heteroatoms. The summed E-state index contributed by atoms with van der Waals surface area (Å²) in [5, 5.41) is 8.75. The van der Waals surface area contributed by atoms with Crippen LogP contribution in [0.15, 0.2) is 109 Å². The Balaban J connectivity index is 1.70. The monoisotopic (exact) mass is 345 g/mol. The number of hydrogen-bond donors (Lipinski definition) is 1. The molecule has 0 aliphatic rings. The van der Waals surface area contributed by atoms with Crippen LogP contribution >= 0.6 is 0 Å². The van der Waals surface area contributed by atoms with Gasteiger partial charge in [0, 0.05) is 22.3 Å². The van der Waals surface area contributed by atoms with E-state index in [-0.39, 0.29) is 0 Å². The van der Waals surface area contributed by atoms with Gasteiger partial charge in [0.1, 0.15) is 0 Å². The van der Waals surface area contributed by atoms with Gasteiger partial charge in [-0.15, -0.1) is 0 Å². The first-order chi connectivity index (χ1) is 13.4. The average Bonchev–Trinajstić information content (AvgIpc) is 2.75. The summed E-state index contributed by atoms with van der Waals surface area (Å²) in [5.74, 6) is 0. The van der Waals surface area contributed by atoms with Crippen molar-refractivity contribution in [1.29, 1.82) is 0 Å². The summed E-state index contributed by atoms with van der Waals surface area (Å²) >= 11 is 0. The molecule has 0 saturated heterocycles. The van der Waals surface area contributed by atoms with E-state index in [0.29, 0.717) is 0 Å². The lowest BCUT2D eigenvalue weighted by atomic mass is 9.99. The van der Waals surface area contributed by atoms with Crippen LogP contribution in [0.1, 0.15) is 0 Å². The molecule has 0 aromatic heterocycles. The maximum absolute atomic E-state index is 3.71. The fourth-order valence-corrected chi connectivity index (χ4v) is 3.77. The molecule has 0 unspecified atom stereocenters. The van der Waals surface area contributed by atoms with E-state index in [4.69, 9.17) is 0 Å². The lowest BCUT2D eigenvalue weighted by Crippen LogP contribution is -1.94. The van der Waals surface area contributed by atoms with E-state index in [1.807, 2.05) is 0 Å². The Kier molecular flexibility index (Phi) is 3.84. The molecule has 5 aromatic carbocycles. The lowest BCUT2D eigenvalue weighted by molar-refractivity contribution is 1.55. The van der Waals surface area contributed by atoms with E-state index in [0.717, 1.165) is 11.4 Å². The zero-order valence-electron chi connectivity index (χ0n) is 14.9. The first-order valence-electron chi connectivity index (χ1n) is 9.22. The van der Waals surface area contributed by atoms with Crippen molar-refractivity contribution in [3.05, 3.63) is 109 Å². The predicted octanol–water partition coefficient (Wildman–Crippen LogP) is 7.40. The fourth-order valence-electron chi connectivity index (χ4n) is 3.77. The van der Waals surface area contributed by atoms with Gasteiger partial charge in [0.25, 0.3) is 0 Å². The smallest absolute Gasteiger partial charge is 0.0470 e. The predicted molar refractivity (Wildman–Crippen MR) is 117 cm³/mol. The van der Waals surface area contributed by atoms with Crippen molar-refractivity contribution in [3.63, 3.8) is 0 Å². The molecule has 1 nitrogen and oxygen atoms in total. The second kappa shape index (κ2) is 6.62. The third kappa shape index (κ3) is 2.84. The third-order valence-electron chi connectivity index (χ3n) is 5.05. The molecule has 0 fully saturated rings. The molecule has 0 amide bonds. The maximum Gasteiger partial charge on any atom is 0.0470 e. The van der Waals surface area contributed by atoms with Gasteiger partial charge in [0.05, 0.1) is 0 Å². The van der Waals surface area contributed by atoms with Crippen molar-refractivity contribution < 1.29 is 0 Å². The van der Waals surface area contributed by atoms with Gasteiger partial charge in [-0.3, -0.25) is 0 Å². The highest BCUT2D eigenvalue weighted by atomic mass is 14.9. The normalized spacial score (nSPS) is 11.0. The standard InChI is InChI=1S/C26H19N/c1-2-9-19(10-3-1)22-13-6-7-15-24(22)27-25-16-8-12-21-18-17-20-11-4-5-14-23(20)26(21)25/h1-18,27H. The number of rotatable bonds is 3. The molecule has 0 aliphatic heterocycles. The van der Waals surface area contributed by atoms with Crippen LogP contribution in [0.25, 0.3) is 32.7 Å². The number of nitrogens with one attached hydrogen (secondary N) is 1. The number of fused-ring (bicyclic) bond motifs is 3. The Labute approximate surface area is 158 Å². The van der Waals surface area contributed by atoms with Gasteiger partial charge >= 0.3 is 0 Å². The maximum atomic E-state index is 3.71. The summed E-state index contributed by atoms with van der Waals surface area (Å²) in [7, 11) is 0. The minimum atomic E-state index is 1.11. The van der Waals surface area contributed by atoms with E-state index in [2.05, 4.69) is 115 Å². The minimum absolute atomic E-state index is 1.11. The molecule has 27 heavy (non-hydrogen) atoms. The summed E-state index contributed by atoms with van der Waals surface area (Å²) in [4.78, 5) is 0. The van der Waals surface area contributed by atoms with Crippen LogP contribution in [0, 0.1) is 0 Å². The molecule has 1 N–H and O–H groups in total. The molecular formula is C26H19N. The SMILES string of the molecule is c1ccc(-c2ccccc2Nc2cccc3ccc4ccccc4c23)cc1. The van der Waals surface area contributed by atoms with Gasteiger partial charge in [-0.2, -0.15) is 0 Å². The molecule has 0 spiro atoms. The minimum Gasteiger partial charge on any atom is -0.354 e. The van der Waals surface area contributed by atoms with Gasteiger partial charge in [-0.1, -0.05) is 97.1 Å². The summed E-state index contributed by atoms with van der Waals surface area (Å²) in [6.07, 6.45) is 0. The molecule has 5 rings (SSSR count). The van der Waals surface area contributed by atoms with Crippen molar-refractivity contribution in [3.8, 4) is 11.1 Å². The zero-order chi connectivity index (χ0) is 18.1. The van der Waals surface area contributed by atoms with E-state index in [1.165, 1.54) is 32.7 Å². The molecular weight excluding hydrogens is 326 g/mol. The highest BCUT2D eigenvalue weighted by Crippen LogP contribution is 2.36. The Morgan fingerprint density at radius 2 is 1.11 bits per heavy atom. The Bertz CT molecular complexity index is 1240. The van der Waals surface area contributed by atoms with Crippen molar-refractivity contribution in [2.75, 3.05) is 5.32 Å². The van der Waals surface area contributed by atoms with Crippen LogP contribution in [0.4, 0.5) is 11.4 Å². The summed E-state index contributed by atoms with van der Waals surface area (Å²) in [5.41, 5.74) is 4.66. The van der Waals surface area contributed by atoms with Gasteiger partial charge in [-0.25, -0.2) is 0 Å². The van der Waals surface area contributed by atoms with E-state index >= 15 is 0 Å². The molecule has 0 heterocycles. The van der Waals surface area contributed by atoms with Crippen LogP contribution in [0.2, 0.25) is 0 Å². The quantitative estimate of drug-likeness (QED) is 0.336. The number of benzene rings is 5. The Morgan fingerprint density at radius 3 is 2.04 bits per heavy atom. The van der Waals surface area contributed by atoms with Crippen LogP contribution < -0.4 is 5.32 Å². The van der Waals surface area contributed by atoms with Gasteiger partial charge in [-0.05, 0) is 33.9 Å². The van der Waals surface area contributed by atoms with Crippen LogP contribution in [0.5, 0.6) is 0 Å². The molecule has 128 valence electrons. The summed E-state index contributed by atoms with van der Waals surface area (Å²) in [6, 6.07) is 38.4. The van der Waals surface area contributed by atoms with Crippen molar-refractivity contribution in [2.45, 2.75) is 0 Å². The van der Waals surface area contributed by atoms with Crippen molar-refractivity contribution in [2.24, 2.45) is 0 Å². The first kappa shape index (κ1) is 15.7. The lowest BCUT2D eigenvalue weighted by Gasteiger charge is -2.15.